The third-order valence-corrected chi connectivity index (χ3v) is 5.76. The first-order valence-electron chi connectivity index (χ1n) is 11.1. The third kappa shape index (κ3) is 4.19. The lowest BCUT2D eigenvalue weighted by atomic mass is 9.98. The number of nitrogens with one attached hydrogen (secondary N) is 1. The molecule has 166 valence electrons. The van der Waals surface area contributed by atoms with Crippen LogP contribution < -0.4 is 4.74 Å². The van der Waals surface area contributed by atoms with Crippen molar-refractivity contribution in [2.24, 2.45) is 0 Å². The Kier molecular flexibility index (Phi) is 5.80. The quantitative estimate of drug-likeness (QED) is 0.377. The van der Waals surface area contributed by atoms with Crippen molar-refractivity contribution in [3.8, 4) is 28.3 Å². The molecule has 0 saturated carbocycles. The highest BCUT2D eigenvalue weighted by molar-refractivity contribution is 5.81. The molecule has 3 heterocycles. The lowest BCUT2D eigenvalue weighted by molar-refractivity contribution is 0.415. The number of ether oxygens (including phenoxy) is 1. The molecule has 0 saturated heterocycles. The molecule has 0 unspecified atom stereocenters. The Morgan fingerprint density at radius 2 is 1.91 bits per heavy atom. The van der Waals surface area contributed by atoms with Crippen LogP contribution in [0.2, 0.25) is 0 Å². The summed E-state index contributed by atoms with van der Waals surface area (Å²) in [5.41, 5.74) is 5.99. The number of imidazole rings is 1. The van der Waals surface area contributed by atoms with Crippen LogP contribution in [0.1, 0.15) is 31.2 Å². The van der Waals surface area contributed by atoms with Gasteiger partial charge in [-0.3, -0.25) is 0 Å². The van der Waals surface area contributed by atoms with E-state index in [1.807, 2.05) is 36.5 Å². The van der Waals surface area contributed by atoms with Crippen molar-refractivity contribution in [1.82, 2.24) is 35.2 Å². The Bertz CT molecular complexity index is 1360. The van der Waals surface area contributed by atoms with Gasteiger partial charge in [0.1, 0.15) is 17.1 Å². The van der Waals surface area contributed by atoms with Gasteiger partial charge in [-0.15, -0.1) is 10.2 Å². The number of nitrogens with zero attached hydrogens (tertiary/aromatic N) is 6. The molecule has 5 aromatic rings. The third-order valence-electron chi connectivity index (χ3n) is 5.76. The van der Waals surface area contributed by atoms with Crippen LogP contribution in [0.3, 0.4) is 0 Å². The van der Waals surface area contributed by atoms with Crippen molar-refractivity contribution in [1.29, 1.82) is 0 Å². The number of hydrogen-bond donors (Lipinski definition) is 1. The number of tetrazole rings is 1. The molecule has 0 atom stereocenters. The minimum absolute atomic E-state index is 0.549. The van der Waals surface area contributed by atoms with Crippen molar-refractivity contribution in [3.63, 3.8) is 0 Å². The second kappa shape index (κ2) is 9.20. The summed E-state index contributed by atoms with van der Waals surface area (Å²) in [6, 6.07) is 18.3. The molecule has 0 fully saturated rings. The molecule has 0 aliphatic rings. The summed E-state index contributed by atoms with van der Waals surface area (Å²) in [6.07, 6.45) is 5.02. The summed E-state index contributed by atoms with van der Waals surface area (Å²) in [6.45, 7) is 2.92. The SMILES string of the molecule is CCCCc1nc2cccnc2n1Cc1ccc(-c2cc(OC)ccc2-c2nn[nH]n2)cc1. The van der Waals surface area contributed by atoms with Gasteiger partial charge in [0.05, 0.1) is 13.7 Å². The highest BCUT2D eigenvalue weighted by Crippen LogP contribution is 2.33. The highest BCUT2D eigenvalue weighted by atomic mass is 16.5. The Labute approximate surface area is 191 Å². The minimum Gasteiger partial charge on any atom is -0.497 e. The Hall–Kier alpha value is -4.07. The van der Waals surface area contributed by atoms with Crippen LogP contribution >= 0.6 is 0 Å². The first-order valence-corrected chi connectivity index (χ1v) is 11.1. The van der Waals surface area contributed by atoms with Crippen molar-refractivity contribution < 1.29 is 4.74 Å². The average molecular weight is 440 g/mol. The summed E-state index contributed by atoms with van der Waals surface area (Å²) in [4.78, 5) is 9.43. The lowest BCUT2D eigenvalue weighted by Gasteiger charge is -2.12. The van der Waals surface area contributed by atoms with Gasteiger partial charge in [0.2, 0.25) is 5.82 Å². The van der Waals surface area contributed by atoms with E-state index >= 15 is 0 Å². The molecule has 1 N–H and O–H groups in total. The van der Waals surface area contributed by atoms with Gasteiger partial charge < -0.3 is 9.30 Å². The topological polar surface area (TPSA) is 94.4 Å². The summed E-state index contributed by atoms with van der Waals surface area (Å²) >= 11 is 0. The van der Waals surface area contributed by atoms with E-state index in [2.05, 4.69) is 61.4 Å². The van der Waals surface area contributed by atoms with E-state index < -0.39 is 0 Å². The number of unbranched alkanes of at least 4 members (excludes halogenated alkanes) is 1. The minimum atomic E-state index is 0.549. The molecule has 2 aromatic carbocycles. The fourth-order valence-corrected chi connectivity index (χ4v) is 4.03. The van der Waals surface area contributed by atoms with Crippen LogP contribution in [-0.4, -0.2) is 42.3 Å². The van der Waals surface area contributed by atoms with Crippen molar-refractivity contribution in [2.45, 2.75) is 32.7 Å². The van der Waals surface area contributed by atoms with Gasteiger partial charge in [-0.1, -0.05) is 37.6 Å². The summed E-state index contributed by atoms with van der Waals surface area (Å²) in [5.74, 6) is 2.41. The highest BCUT2D eigenvalue weighted by Gasteiger charge is 2.14. The number of fused-ring (bicyclic) bond motifs is 1. The number of methoxy groups -OCH3 is 1. The van der Waals surface area contributed by atoms with Crippen molar-refractivity contribution in [2.75, 3.05) is 7.11 Å². The van der Waals surface area contributed by atoms with Crippen LogP contribution in [0.25, 0.3) is 33.7 Å². The largest absolute Gasteiger partial charge is 0.497 e. The number of H-pyrrole nitrogens is 1. The normalized spacial score (nSPS) is 11.2. The van der Waals surface area contributed by atoms with Gasteiger partial charge in [0, 0.05) is 18.2 Å². The Morgan fingerprint density at radius 1 is 1.03 bits per heavy atom. The zero-order valence-corrected chi connectivity index (χ0v) is 18.7. The molecular weight excluding hydrogens is 414 g/mol. The zero-order chi connectivity index (χ0) is 22.6. The maximum atomic E-state index is 5.45. The molecule has 0 radical (unpaired) electrons. The van der Waals surface area contributed by atoms with E-state index in [4.69, 9.17) is 9.72 Å². The summed E-state index contributed by atoms with van der Waals surface area (Å²) in [7, 11) is 1.66. The molecular formula is C25H25N7O. The summed E-state index contributed by atoms with van der Waals surface area (Å²) < 4.78 is 7.68. The zero-order valence-electron chi connectivity index (χ0n) is 18.7. The number of aryl methyl sites for hydroxylation is 1. The van der Waals surface area contributed by atoms with E-state index in [1.165, 1.54) is 5.56 Å². The summed E-state index contributed by atoms with van der Waals surface area (Å²) in [5, 5.41) is 14.5. The predicted molar refractivity (Wildman–Crippen MR) is 127 cm³/mol. The number of aromatic amines is 1. The first kappa shape index (κ1) is 20.8. The van der Waals surface area contributed by atoms with Gasteiger partial charge in [0.25, 0.3) is 0 Å². The molecule has 0 aliphatic carbocycles. The molecule has 0 aliphatic heterocycles. The van der Waals surface area contributed by atoms with Crippen LogP contribution in [0.5, 0.6) is 5.75 Å². The van der Waals surface area contributed by atoms with E-state index in [9.17, 15) is 0 Å². The lowest BCUT2D eigenvalue weighted by Crippen LogP contribution is -2.06. The van der Waals surface area contributed by atoms with E-state index in [0.29, 0.717) is 5.82 Å². The molecule has 0 bridgehead atoms. The molecule has 8 heteroatoms. The molecule has 0 spiro atoms. The average Bonchev–Trinajstić information content (AvgIpc) is 3.51. The molecule has 3 aromatic heterocycles. The number of hydrogen-bond acceptors (Lipinski definition) is 6. The standard InChI is InChI=1S/C25H25N7O/c1-3-4-7-23-27-22-6-5-14-26-25(22)32(23)16-17-8-10-18(11-9-17)21-15-19(33-2)12-13-20(21)24-28-30-31-29-24/h5-6,8-15H,3-4,7,16H2,1-2H3,(H,28,29,30,31). The predicted octanol–water partition coefficient (Wildman–Crippen LogP) is 4.68. The van der Waals surface area contributed by atoms with Gasteiger partial charge in [-0.2, -0.15) is 5.21 Å². The van der Waals surface area contributed by atoms with Crippen LogP contribution in [0, 0.1) is 0 Å². The second-order valence-electron chi connectivity index (χ2n) is 7.91. The Balaban J connectivity index is 1.49. The van der Waals surface area contributed by atoms with E-state index in [1.54, 1.807) is 7.11 Å². The van der Waals surface area contributed by atoms with E-state index in [0.717, 1.165) is 65.2 Å². The fraction of sp³-hybridized carbons (Fsp3) is 0.240. The Morgan fingerprint density at radius 3 is 2.67 bits per heavy atom. The number of aromatic nitrogens is 7. The van der Waals surface area contributed by atoms with E-state index in [-0.39, 0.29) is 0 Å². The molecule has 5 rings (SSSR count). The second-order valence-corrected chi connectivity index (χ2v) is 7.91. The fourth-order valence-electron chi connectivity index (χ4n) is 4.03. The van der Waals surface area contributed by atoms with Crippen LogP contribution in [-0.2, 0) is 13.0 Å². The first-order chi connectivity index (χ1) is 16.3. The monoisotopic (exact) mass is 439 g/mol. The van der Waals surface area contributed by atoms with Crippen LogP contribution in [0.4, 0.5) is 0 Å². The van der Waals surface area contributed by atoms with Gasteiger partial charge >= 0.3 is 0 Å². The molecule has 33 heavy (non-hydrogen) atoms. The maximum absolute atomic E-state index is 5.45. The molecule has 8 nitrogen and oxygen atoms in total. The number of rotatable bonds is 8. The van der Waals surface area contributed by atoms with Gasteiger partial charge in [-0.25, -0.2) is 9.97 Å². The number of pyridine rings is 1. The van der Waals surface area contributed by atoms with Crippen LogP contribution in [0.15, 0.2) is 60.8 Å². The van der Waals surface area contributed by atoms with Crippen molar-refractivity contribution >= 4 is 11.2 Å². The number of benzene rings is 2. The smallest absolute Gasteiger partial charge is 0.205 e. The van der Waals surface area contributed by atoms with Crippen molar-refractivity contribution in [3.05, 3.63) is 72.2 Å². The van der Waals surface area contributed by atoms with Gasteiger partial charge in [-0.05, 0) is 58.7 Å². The maximum Gasteiger partial charge on any atom is 0.205 e. The van der Waals surface area contributed by atoms with Gasteiger partial charge in [0.15, 0.2) is 5.65 Å². The molecule has 0 amide bonds.